The smallest absolute Gasteiger partial charge is 0.0599 e. The van der Waals surface area contributed by atoms with E-state index in [9.17, 15) is 0 Å². The minimum absolute atomic E-state index is 0.0341. The van der Waals surface area contributed by atoms with E-state index in [2.05, 4.69) is 33.0 Å². The van der Waals surface area contributed by atoms with Crippen LogP contribution in [-0.2, 0) is 4.74 Å². The number of nitrogens with two attached hydrogens (primary N) is 1. The maximum atomic E-state index is 5.52. The third-order valence-corrected chi connectivity index (χ3v) is 1.48. The van der Waals surface area contributed by atoms with Gasteiger partial charge in [-0.3, -0.25) is 0 Å². The Labute approximate surface area is 75.7 Å². The van der Waals surface area contributed by atoms with Gasteiger partial charge in [-0.15, -0.1) is 0 Å². The summed E-state index contributed by atoms with van der Waals surface area (Å²) < 4.78 is 5.52. The van der Waals surface area contributed by atoms with Crippen LogP contribution in [-0.4, -0.2) is 31.3 Å². The Kier molecular flexibility index (Phi) is 5.46. The van der Waals surface area contributed by atoms with E-state index >= 15 is 0 Å². The van der Waals surface area contributed by atoms with Gasteiger partial charge >= 0.3 is 0 Å². The molecule has 12 heavy (non-hydrogen) atoms. The Morgan fingerprint density at radius 2 is 2.00 bits per heavy atom. The van der Waals surface area contributed by atoms with Crippen molar-refractivity contribution in [1.82, 2.24) is 5.32 Å². The summed E-state index contributed by atoms with van der Waals surface area (Å²) in [6.45, 7) is 10.5. The number of hydrogen-bond donors (Lipinski definition) is 2. The van der Waals surface area contributed by atoms with Gasteiger partial charge in [0.25, 0.3) is 0 Å². The van der Waals surface area contributed by atoms with Crippen molar-refractivity contribution in [3.05, 3.63) is 0 Å². The Morgan fingerprint density at radius 3 is 2.42 bits per heavy atom. The maximum absolute atomic E-state index is 5.52. The molecule has 0 amide bonds. The van der Waals surface area contributed by atoms with Gasteiger partial charge in [-0.1, -0.05) is 0 Å². The fraction of sp³-hybridized carbons (Fsp3) is 1.00. The Morgan fingerprint density at radius 1 is 1.42 bits per heavy atom. The van der Waals surface area contributed by atoms with Crippen molar-refractivity contribution in [2.45, 2.75) is 39.3 Å². The minimum atomic E-state index is -0.0341. The molecule has 1 unspecified atom stereocenters. The average Bonchev–Trinajstić information content (AvgIpc) is 1.96. The molecule has 3 N–H and O–H groups in total. The van der Waals surface area contributed by atoms with Gasteiger partial charge in [-0.2, -0.15) is 0 Å². The molecule has 0 fully saturated rings. The van der Waals surface area contributed by atoms with Gasteiger partial charge in [0.15, 0.2) is 0 Å². The summed E-state index contributed by atoms with van der Waals surface area (Å²) in [5.74, 6) is 0. The first kappa shape index (κ1) is 11.9. The molecular weight excluding hydrogens is 152 g/mol. The minimum Gasteiger partial charge on any atom is -0.375 e. The molecular formula is C9H22N2O. The van der Waals surface area contributed by atoms with Crippen LogP contribution in [0.15, 0.2) is 0 Å². The van der Waals surface area contributed by atoms with Crippen LogP contribution >= 0.6 is 0 Å². The molecule has 0 saturated heterocycles. The Balaban J connectivity index is 3.22. The van der Waals surface area contributed by atoms with Crippen molar-refractivity contribution in [3.63, 3.8) is 0 Å². The number of hydrogen-bond acceptors (Lipinski definition) is 3. The van der Waals surface area contributed by atoms with Crippen LogP contribution in [0.2, 0.25) is 0 Å². The highest BCUT2D eigenvalue weighted by atomic mass is 16.5. The zero-order valence-corrected chi connectivity index (χ0v) is 8.68. The van der Waals surface area contributed by atoms with E-state index in [0.717, 1.165) is 13.2 Å². The number of rotatable bonds is 5. The first-order chi connectivity index (χ1) is 5.45. The maximum Gasteiger partial charge on any atom is 0.0599 e. The highest BCUT2D eigenvalue weighted by Crippen LogP contribution is 2.04. The van der Waals surface area contributed by atoms with Crippen LogP contribution < -0.4 is 11.1 Å². The van der Waals surface area contributed by atoms with Crippen molar-refractivity contribution >= 4 is 0 Å². The van der Waals surface area contributed by atoms with Gasteiger partial charge in [0.05, 0.1) is 12.2 Å². The second kappa shape index (κ2) is 5.51. The second-order valence-electron chi connectivity index (χ2n) is 4.05. The third-order valence-electron chi connectivity index (χ3n) is 1.48. The first-order valence-corrected chi connectivity index (χ1v) is 4.53. The molecule has 0 aliphatic rings. The van der Waals surface area contributed by atoms with Gasteiger partial charge in [0, 0.05) is 19.1 Å². The molecule has 1 atom stereocenters. The lowest BCUT2D eigenvalue weighted by atomic mass is 10.2. The Hall–Kier alpha value is -0.120. The van der Waals surface area contributed by atoms with E-state index in [4.69, 9.17) is 10.5 Å². The van der Waals surface area contributed by atoms with Gasteiger partial charge in [-0.05, 0) is 27.7 Å². The van der Waals surface area contributed by atoms with Gasteiger partial charge in [0.1, 0.15) is 0 Å². The Bertz CT molecular complexity index is 110. The summed E-state index contributed by atoms with van der Waals surface area (Å²) in [6.07, 6.45) is 0. The van der Waals surface area contributed by atoms with Crippen molar-refractivity contribution in [2.75, 3.05) is 19.7 Å². The van der Waals surface area contributed by atoms with Crippen LogP contribution in [0.1, 0.15) is 27.7 Å². The first-order valence-electron chi connectivity index (χ1n) is 4.53. The largest absolute Gasteiger partial charge is 0.375 e. The van der Waals surface area contributed by atoms with Crippen molar-refractivity contribution in [2.24, 2.45) is 5.73 Å². The lowest BCUT2D eigenvalue weighted by molar-refractivity contribution is -0.00140. The fourth-order valence-corrected chi connectivity index (χ4v) is 0.746. The standard InChI is InChI=1S/C9H22N2O/c1-8(7-10)11-5-6-12-9(2,3)4/h8,11H,5-7,10H2,1-4H3. The van der Waals surface area contributed by atoms with Gasteiger partial charge < -0.3 is 15.8 Å². The van der Waals surface area contributed by atoms with Crippen molar-refractivity contribution < 1.29 is 4.74 Å². The highest BCUT2D eigenvalue weighted by molar-refractivity contribution is 4.62. The molecule has 0 rings (SSSR count). The SMILES string of the molecule is CC(CN)NCCOC(C)(C)C. The van der Waals surface area contributed by atoms with E-state index in [-0.39, 0.29) is 5.60 Å². The van der Waals surface area contributed by atoms with E-state index in [1.165, 1.54) is 0 Å². The normalized spacial score (nSPS) is 14.8. The van der Waals surface area contributed by atoms with Gasteiger partial charge in [0.2, 0.25) is 0 Å². The van der Waals surface area contributed by atoms with Crippen LogP contribution in [0, 0.1) is 0 Å². The van der Waals surface area contributed by atoms with E-state index in [1.54, 1.807) is 0 Å². The molecule has 74 valence electrons. The molecule has 0 saturated carbocycles. The molecule has 0 aromatic rings. The van der Waals surface area contributed by atoms with Gasteiger partial charge in [-0.25, -0.2) is 0 Å². The van der Waals surface area contributed by atoms with Crippen molar-refractivity contribution in [1.29, 1.82) is 0 Å². The topological polar surface area (TPSA) is 47.3 Å². The van der Waals surface area contributed by atoms with Crippen LogP contribution in [0.25, 0.3) is 0 Å². The molecule has 0 radical (unpaired) electrons. The third kappa shape index (κ3) is 7.98. The summed E-state index contributed by atoms with van der Waals surface area (Å²) in [5.41, 5.74) is 5.40. The summed E-state index contributed by atoms with van der Waals surface area (Å²) in [4.78, 5) is 0. The zero-order valence-electron chi connectivity index (χ0n) is 8.68. The van der Waals surface area contributed by atoms with E-state index in [0.29, 0.717) is 12.6 Å². The molecule has 3 nitrogen and oxygen atoms in total. The molecule has 0 aliphatic carbocycles. The molecule has 0 aliphatic heterocycles. The second-order valence-corrected chi connectivity index (χ2v) is 4.05. The summed E-state index contributed by atoms with van der Waals surface area (Å²) in [6, 6.07) is 0.383. The molecule has 3 heteroatoms. The predicted octanol–water partition coefficient (Wildman–Crippen LogP) is 0.738. The lowest BCUT2D eigenvalue weighted by Crippen LogP contribution is -2.36. The lowest BCUT2D eigenvalue weighted by Gasteiger charge is -2.20. The summed E-state index contributed by atoms with van der Waals surface area (Å²) in [7, 11) is 0. The fourth-order valence-electron chi connectivity index (χ4n) is 0.746. The number of nitrogens with one attached hydrogen (secondary N) is 1. The molecule has 0 spiro atoms. The molecule has 0 bridgehead atoms. The predicted molar refractivity (Wildman–Crippen MR) is 52.2 cm³/mol. The van der Waals surface area contributed by atoms with Crippen LogP contribution in [0.5, 0.6) is 0 Å². The monoisotopic (exact) mass is 174 g/mol. The van der Waals surface area contributed by atoms with Crippen LogP contribution in [0.4, 0.5) is 0 Å². The van der Waals surface area contributed by atoms with Crippen LogP contribution in [0.3, 0.4) is 0 Å². The molecule has 0 aromatic carbocycles. The quantitative estimate of drug-likeness (QED) is 0.604. The highest BCUT2D eigenvalue weighted by Gasteiger charge is 2.08. The zero-order chi connectivity index (χ0) is 9.61. The van der Waals surface area contributed by atoms with Crippen molar-refractivity contribution in [3.8, 4) is 0 Å². The van der Waals surface area contributed by atoms with E-state index in [1.807, 2.05) is 0 Å². The average molecular weight is 174 g/mol. The summed E-state index contributed by atoms with van der Waals surface area (Å²) in [5, 5.41) is 3.25. The van der Waals surface area contributed by atoms with E-state index < -0.39 is 0 Å². The molecule has 0 aromatic heterocycles. The summed E-state index contributed by atoms with van der Waals surface area (Å²) >= 11 is 0. The number of ether oxygens (including phenoxy) is 1. The molecule has 0 heterocycles.